The normalized spacial score (nSPS) is 10.4. The van der Waals surface area contributed by atoms with Gasteiger partial charge in [-0.25, -0.2) is 0 Å². The van der Waals surface area contributed by atoms with Gasteiger partial charge in [0.15, 0.2) is 0 Å². The summed E-state index contributed by atoms with van der Waals surface area (Å²) in [5.74, 6) is 1.38. The molecule has 0 radical (unpaired) electrons. The molecule has 4 nitrogen and oxygen atoms in total. The van der Waals surface area contributed by atoms with Crippen LogP contribution < -0.4 is 0 Å². The minimum Gasteiger partial charge on any atom is -0.468 e. The molecule has 2 aromatic rings. The Labute approximate surface area is 110 Å². The van der Waals surface area contributed by atoms with Gasteiger partial charge in [0.05, 0.1) is 21.8 Å². The van der Waals surface area contributed by atoms with Gasteiger partial charge in [-0.05, 0) is 24.3 Å². The van der Waals surface area contributed by atoms with Crippen molar-refractivity contribution in [1.29, 1.82) is 0 Å². The van der Waals surface area contributed by atoms with E-state index in [0.29, 0.717) is 15.1 Å². The number of nitro benzene ring substituents is 1. The Kier molecular flexibility index (Phi) is 3.86. The summed E-state index contributed by atoms with van der Waals surface area (Å²) in [6, 6.07) is 8.67. The van der Waals surface area contributed by atoms with Crippen LogP contribution in [0.25, 0.3) is 0 Å². The predicted octanol–water partition coefficient (Wildman–Crippen LogP) is 4.24. The van der Waals surface area contributed by atoms with E-state index < -0.39 is 0 Å². The van der Waals surface area contributed by atoms with E-state index in [1.54, 1.807) is 24.5 Å². The molecule has 1 heterocycles. The van der Waals surface area contributed by atoms with Gasteiger partial charge < -0.3 is 4.42 Å². The number of hydrogen-bond donors (Lipinski definition) is 0. The van der Waals surface area contributed by atoms with Crippen molar-refractivity contribution >= 4 is 33.4 Å². The maximum absolute atomic E-state index is 10.9. The van der Waals surface area contributed by atoms with Crippen LogP contribution >= 0.6 is 27.7 Å². The first kappa shape index (κ1) is 12.2. The van der Waals surface area contributed by atoms with E-state index in [0.717, 1.165) is 5.76 Å². The van der Waals surface area contributed by atoms with Crippen molar-refractivity contribution in [3.8, 4) is 0 Å². The monoisotopic (exact) mass is 313 g/mol. The third-order valence-electron chi connectivity index (χ3n) is 2.07. The number of rotatable bonds is 4. The zero-order valence-corrected chi connectivity index (χ0v) is 11.0. The molecule has 6 heteroatoms. The predicted molar refractivity (Wildman–Crippen MR) is 69.1 cm³/mol. The molecule has 0 aliphatic heterocycles. The summed E-state index contributed by atoms with van der Waals surface area (Å²) >= 11 is 4.61. The Morgan fingerprint density at radius 3 is 2.88 bits per heavy atom. The molecule has 17 heavy (non-hydrogen) atoms. The number of benzene rings is 1. The van der Waals surface area contributed by atoms with Gasteiger partial charge >= 0.3 is 0 Å². The van der Waals surface area contributed by atoms with Crippen LogP contribution in [0.15, 0.2) is 50.4 Å². The van der Waals surface area contributed by atoms with Crippen LogP contribution in [0.4, 0.5) is 5.69 Å². The highest BCUT2D eigenvalue weighted by Gasteiger charge is 2.14. The van der Waals surface area contributed by atoms with Crippen LogP contribution in [0.2, 0.25) is 0 Å². The zero-order chi connectivity index (χ0) is 12.3. The van der Waals surface area contributed by atoms with Crippen molar-refractivity contribution in [2.75, 3.05) is 0 Å². The summed E-state index contributed by atoms with van der Waals surface area (Å²) in [6.07, 6.45) is 1.59. The van der Waals surface area contributed by atoms with Gasteiger partial charge in [-0.2, -0.15) is 0 Å². The van der Waals surface area contributed by atoms with Gasteiger partial charge in [-0.3, -0.25) is 10.1 Å². The van der Waals surface area contributed by atoms with Gasteiger partial charge in [0, 0.05) is 10.5 Å². The largest absolute Gasteiger partial charge is 0.468 e. The fourth-order valence-electron chi connectivity index (χ4n) is 1.30. The van der Waals surface area contributed by atoms with Crippen LogP contribution in [-0.4, -0.2) is 4.92 Å². The first-order chi connectivity index (χ1) is 8.16. The number of thioether (sulfide) groups is 1. The molecular weight excluding hydrogens is 306 g/mol. The van der Waals surface area contributed by atoms with Crippen LogP contribution in [0.3, 0.4) is 0 Å². The maximum Gasteiger partial charge on any atom is 0.284 e. The quantitative estimate of drug-likeness (QED) is 0.481. The van der Waals surface area contributed by atoms with Gasteiger partial charge in [0.2, 0.25) is 0 Å². The fraction of sp³-hybridized carbons (Fsp3) is 0.0909. The zero-order valence-electron chi connectivity index (χ0n) is 8.63. The SMILES string of the molecule is O=[N+]([O-])c1cc(Br)ccc1SCc1ccco1. The third-order valence-corrected chi connectivity index (χ3v) is 3.65. The highest BCUT2D eigenvalue weighted by molar-refractivity contribution is 9.10. The van der Waals surface area contributed by atoms with Crippen LogP contribution in [0, 0.1) is 10.1 Å². The van der Waals surface area contributed by atoms with Crippen molar-refractivity contribution < 1.29 is 9.34 Å². The Bertz CT molecular complexity index is 528. The summed E-state index contributed by atoms with van der Waals surface area (Å²) < 4.78 is 5.88. The number of furan rings is 1. The van der Waals surface area contributed by atoms with Crippen molar-refractivity contribution in [3.63, 3.8) is 0 Å². The van der Waals surface area contributed by atoms with Gasteiger partial charge in [-0.1, -0.05) is 15.9 Å². The number of halogens is 1. The molecule has 88 valence electrons. The lowest BCUT2D eigenvalue weighted by Crippen LogP contribution is -1.91. The summed E-state index contributed by atoms with van der Waals surface area (Å²) in [4.78, 5) is 11.1. The van der Waals surface area contributed by atoms with Gasteiger partial charge in [0.1, 0.15) is 5.76 Å². The second-order valence-electron chi connectivity index (χ2n) is 3.24. The molecule has 0 saturated heterocycles. The Morgan fingerprint density at radius 1 is 1.41 bits per heavy atom. The Balaban J connectivity index is 2.17. The van der Waals surface area contributed by atoms with Crippen molar-refractivity contribution in [3.05, 3.63) is 56.9 Å². The highest BCUT2D eigenvalue weighted by atomic mass is 79.9. The van der Waals surface area contributed by atoms with Crippen molar-refractivity contribution in [2.45, 2.75) is 10.6 Å². The standard InChI is InChI=1S/C11H8BrNO3S/c12-8-3-4-11(10(6-8)13(14)15)17-7-9-2-1-5-16-9/h1-6H,7H2. The van der Waals surface area contributed by atoms with E-state index in [9.17, 15) is 10.1 Å². The number of nitro groups is 1. The summed E-state index contributed by atoms with van der Waals surface area (Å²) in [6.45, 7) is 0. The van der Waals surface area contributed by atoms with E-state index in [-0.39, 0.29) is 10.6 Å². The van der Waals surface area contributed by atoms with E-state index in [2.05, 4.69) is 15.9 Å². The first-order valence-electron chi connectivity index (χ1n) is 4.76. The first-order valence-corrected chi connectivity index (χ1v) is 6.54. The summed E-state index contributed by atoms with van der Waals surface area (Å²) in [7, 11) is 0. The van der Waals surface area contributed by atoms with Gasteiger partial charge in [-0.15, -0.1) is 11.8 Å². The molecule has 0 bridgehead atoms. The Hall–Kier alpha value is -1.27. The molecule has 1 aromatic heterocycles. The minimum atomic E-state index is -0.380. The molecule has 0 aliphatic rings. The van der Waals surface area contributed by atoms with Crippen LogP contribution in [0.1, 0.15) is 5.76 Å². The molecule has 0 N–H and O–H groups in total. The number of hydrogen-bond acceptors (Lipinski definition) is 4. The molecule has 0 unspecified atom stereocenters. The fourth-order valence-corrected chi connectivity index (χ4v) is 2.56. The minimum absolute atomic E-state index is 0.107. The average molecular weight is 314 g/mol. The molecular formula is C11H8BrNO3S. The maximum atomic E-state index is 10.9. The highest BCUT2D eigenvalue weighted by Crippen LogP contribution is 2.33. The van der Waals surface area contributed by atoms with Crippen molar-refractivity contribution in [2.24, 2.45) is 0 Å². The molecule has 0 spiro atoms. The number of nitrogens with zero attached hydrogens (tertiary/aromatic N) is 1. The lowest BCUT2D eigenvalue weighted by Gasteiger charge is -2.02. The van der Waals surface area contributed by atoms with E-state index in [1.165, 1.54) is 17.8 Å². The molecule has 1 aromatic carbocycles. The lowest BCUT2D eigenvalue weighted by molar-refractivity contribution is -0.387. The molecule has 2 rings (SSSR count). The molecule has 0 saturated carbocycles. The Morgan fingerprint density at radius 2 is 2.24 bits per heavy atom. The lowest BCUT2D eigenvalue weighted by atomic mass is 10.3. The van der Waals surface area contributed by atoms with Crippen LogP contribution in [0.5, 0.6) is 0 Å². The third kappa shape index (κ3) is 3.10. The smallest absolute Gasteiger partial charge is 0.284 e. The molecule has 0 aliphatic carbocycles. The molecule has 0 amide bonds. The van der Waals surface area contributed by atoms with Crippen LogP contribution in [-0.2, 0) is 5.75 Å². The molecule has 0 fully saturated rings. The summed E-state index contributed by atoms with van der Waals surface area (Å²) in [5, 5.41) is 10.9. The second-order valence-corrected chi connectivity index (χ2v) is 5.17. The van der Waals surface area contributed by atoms with E-state index >= 15 is 0 Å². The second kappa shape index (κ2) is 5.37. The topological polar surface area (TPSA) is 56.3 Å². The molecule has 0 atom stereocenters. The average Bonchev–Trinajstić information content (AvgIpc) is 2.80. The summed E-state index contributed by atoms with van der Waals surface area (Å²) in [5.41, 5.74) is 0.107. The van der Waals surface area contributed by atoms with E-state index in [4.69, 9.17) is 4.42 Å². The van der Waals surface area contributed by atoms with Crippen molar-refractivity contribution in [1.82, 2.24) is 0 Å². The van der Waals surface area contributed by atoms with E-state index in [1.807, 2.05) is 6.07 Å². The van der Waals surface area contributed by atoms with Gasteiger partial charge in [0.25, 0.3) is 5.69 Å².